The van der Waals surface area contributed by atoms with Crippen molar-refractivity contribution in [2.45, 2.75) is 19.4 Å². The van der Waals surface area contributed by atoms with Crippen molar-refractivity contribution in [2.24, 2.45) is 0 Å². The van der Waals surface area contributed by atoms with Gasteiger partial charge in [-0.1, -0.05) is 54.6 Å². The lowest BCUT2D eigenvalue weighted by molar-refractivity contribution is 0.0503. The molecule has 0 saturated heterocycles. The van der Waals surface area contributed by atoms with E-state index in [1.807, 2.05) is 77.5 Å². The van der Waals surface area contributed by atoms with E-state index < -0.39 is 0 Å². The lowest BCUT2D eigenvalue weighted by Crippen LogP contribution is -2.11. The molecule has 0 bridgehead atoms. The zero-order valence-corrected chi connectivity index (χ0v) is 16.7. The molecular weight excluding hydrogens is 376 g/mol. The van der Waals surface area contributed by atoms with Gasteiger partial charge in [-0.2, -0.15) is 5.10 Å². The van der Waals surface area contributed by atoms with Gasteiger partial charge < -0.3 is 10.1 Å². The fourth-order valence-electron chi connectivity index (χ4n) is 3.34. The lowest BCUT2D eigenvalue weighted by Gasteiger charge is -2.06. The van der Waals surface area contributed by atoms with Gasteiger partial charge >= 0.3 is 5.97 Å². The van der Waals surface area contributed by atoms with Crippen molar-refractivity contribution in [3.63, 3.8) is 0 Å². The average Bonchev–Trinajstić information content (AvgIpc) is 3.17. The van der Waals surface area contributed by atoms with Crippen LogP contribution in [0.15, 0.2) is 79.0 Å². The molecule has 6 heteroatoms. The van der Waals surface area contributed by atoms with Crippen LogP contribution in [0.5, 0.6) is 0 Å². The van der Waals surface area contributed by atoms with E-state index in [1.54, 1.807) is 6.20 Å². The maximum absolute atomic E-state index is 12.7. The van der Waals surface area contributed by atoms with Gasteiger partial charge in [0.1, 0.15) is 5.82 Å². The Morgan fingerprint density at radius 2 is 1.77 bits per heavy atom. The van der Waals surface area contributed by atoms with E-state index in [9.17, 15) is 4.79 Å². The van der Waals surface area contributed by atoms with E-state index in [1.165, 1.54) is 0 Å². The van der Waals surface area contributed by atoms with Crippen LogP contribution in [0.2, 0.25) is 0 Å². The van der Waals surface area contributed by atoms with Crippen LogP contribution in [0.4, 0.5) is 5.82 Å². The number of carbonyl (C=O) groups excluding carboxylic acids is 1. The summed E-state index contributed by atoms with van der Waals surface area (Å²) in [6.07, 6.45) is 3.30. The second-order valence-electron chi connectivity index (χ2n) is 6.96. The van der Waals surface area contributed by atoms with Crippen molar-refractivity contribution >= 4 is 22.7 Å². The zero-order valence-electron chi connectivity index (χ0n) is 16.7. The van der Waals surface area contributed by atoms with Crippen LogP contribution in [-0.4, -0.2) is 33.9 Å². The summed E-state index contributed by atoms with van der Waals surface area (Å²) >= 11 is 0. The molecular formula is C24H24N4O2. The molecule has 4 rings (SSSR count). The van der Waals surface area contributed by atoms with Gasteiger partial charge in [0.05, 0.1) is 12.1 Å². The molecule has 6 nitrogen and oxygen atoms in total. The molecule has 1 N–H and O–H groups in total. The van der Waals surface area contributed by atoms with E-state index in [2.05, 4.69) is 15.4 Å². The van der Waals surface area contributed by atoms with E-state index in [-0.39, 0.29) is 5.97 Å². The molecule has 0 unspecified atom stereocenters. The number of rotatable bonds is 9. The first kappa shape index (κ1) is 19.6. The third-order valence-electron chi connectivity index (χ3n) is 4.84. The van der Waals surface area contributed by atoms with Crippen molar-refractivity contribution < 1.29 is 9.53 Å². The van der Waals surface area contributed by atoms with E-state index in [4.69, 9.17) is 4.74 Å². The maximum Gasteiger partial charge on any atom is 0.359 e. The van der Waals surface area contributed by atoms with Crippen molar-refractivity contribution in [3.05, 3.63) is 90.3 Å². The van der Waals surface area contributed by atoms with Crippen molar-refractivity contribution in [2.75, 3.05) is 18.5 Å². The molecule has 2 aromatic heterocycles. The Morgan fingerprint density at radius 1 is 0.967 bits per heavy atom. The normalized spacial score (nSPS) is 10.8. The molecule has 0 saturated carbocycles. The molecule has 0 amide bonds. The van der Waals surface area contributed by atoms with Gasteiger partial charge in [0, 0.05) is 31.1 Å². The number of hydrogen-bond donors (Lipinski definition) is 1. The lowest BCUT2D eigenvalue weighted by atomic mass is 10.2. The van der Waals surface area contributed by atoms with E-state index in [0.717, 1.165) is 35.2 Å². The van der Waals surface area contributed by atoms with Crippen LogP contribution in [0.1, 0.15) is 22.5 Å². The number of anilines is 1. The summed E-state index contributed by atoms with van der Waals surface area (Å²) in [5.41, 5.74) is 2.45. The highest BCUT2D eigenvalue weighted by atomic mass is 16.5. The third-order valence-corrected chi connectivity index (χ3v) is 4.84. The molecule has 0 radical (unpaired) electrons. The number of pyridine rings is 1. The Labute approximate surface area is 175 Å². The fraction of sp³-hybridized carbons (Fsp3) is 0.208. The predicted octanol–water partition coefficient (Wildman–Crippen LogP) is 4.33. The first-order valence-corrected chi connectivity index (χ1v) is 10.1. The Kier molecular flexibility index (Phi) is 6.35. The van der Waals surface area contributed by atoms with Crippen LogP contribution >= 0.6 is 0 Å². The van der Waals surface area contributed by atoms with E-state index >= 15 is 0 Å². The highest BCUT2D eigenvalue weighted by Gasteiger charge is 2.18. The summed E-state index contributed by atoms with van der Waals surface area (Å²) in [4.78, 5) is 16.9. The van der Waals surface area contributed by atoms with Crippen LogP contribution in [0.3, 0.4) is 0 Å². The standard InChI is InChI=1S/C24H24N4O2/c29-24(30-18-14-19-9-2-1-3-10-19)23-20-11-4-5-12-21(20)28(27-23)17-8-16-26-22-13-6-7-15-25-22/h1-7,9-13,15H,8,14,16-18H2,(H,25,26). The number of benzene rings is 2. The fourth-order valence-corrected chi connectivity index (χ4v) is 3.34. The Hall–Kier alpha value is -3.67. The average molecular weight is 400 g/mol. The zero-order chi connectivity index (χ0) is 20.6. The third kappa shape index (κ3) is 4.84. The number of fused-ring (bicyclic) bond motifs is 1. The molecule has 152 valence electrons. The number of aromatic nitrogens is 3. The number of ether oxygens (including phenoxy) is 1. The summed E-state index contributed by atoms with van der Waals surface area (Å²) in [6.45, 7) is 1.79. The minimum Gasteiger partial charge on any atom is -0.461 e. The number of nitrogens with zero attached hydrogens (tertiary/aromatic N) is 3. The number of nitrogens with one attached hydrogen (secondary N) is 1. The molecule has 0 aliphatic rings. The maximum atomic E-state index is 12.7. The van der Waals surface area contributed by atoms with Gasteiger partial charge in [-0.05, 0) is 30.2 Å². The smallest absolute Gasteiger partial charge is 0.359 e. The molecule has 4 aromatic rings. The highest BCUT2D eigenvalue weighted by molar-refractivity contribution is 6.02. The highest BCUT2D eigenvalue weighted by Crippen LogP contribution is 2.20. The molecule has 0 atom stereocenters. The van der Waals surface area contributed by atoms with Crippen LogP contribution in [0, 0.1) is 0 Å². The topological polar surface area (TPSA) is 69.0 Å². The Morgan fingerprint density at radius 3 is 2.60 bits per heavy atom. The van der Waals surface area contributed by atoms with Gasteiger partial charge in [0.15, 0.2) is 5.69 Å². The molecule has 0 aliphatic carbocycles. The summed E-state index contributed by atoms with van der Waals surface area (Å²) in [7, 11) is 0. The van der Waals surface area contributed by atoms with Crippen LogP contribution < -0.4 is 5.32 Å². The van der Waals surface area contributed by atoms with Crippen molar-refractivity contribution in [1.82, 2.24) is 14.8 Å². The molecule has 30 heavy (non-hydrogen) atoms. The number of aryl methyl sites for hydroxylation is 1. The number of hydrogen-bond acceptors (Lipinski definition) is 5. The first-order chi connectivity index (χ1) is 14.8. The molecule has 0 spiro atoms. The second kappa shape index (κ2) is 9.69. The Balaban J connectivity index is 1.38. The van der Waals surface area contributed by atoms with Gasteiger partial charge in [-0.3, -0.25) is 4.68 Å². The molecule has 2 aromatic carbocycles. The number of esters is 1. The van der Waals surface area contributed by atoms with Crippen LogP contribution in [-0.2, 0) is 17.7 Å². The molecule has 0 fully saturated rings. The van der Waals surface area contributed by atoms with Gasteiger partial charge in [0.25, 0.3) is 0 Å². The minimum absolute atomic E-state index is 0.331. The summed E-state index contributed by atoms with van der Waals surface area (Å²) in [6, 6.07) is 23.5. The van der Waals surface area contributed by atoms with Crippen molar-refractivity contribution in [1.29, 1.82) is 0 Å². The summed E-state index contributed by atoms with van der Waals surface area (Å²) < 4.78 is 7.38. The monoisotopic (exact) mass is 400 g/mol. The van der Waals surface area contributed by atoms with Gasteiger partial charge in [-0.15, -0.1) is 0 Å². The van der Waals surface area contributed by atoms with Crippen molar-refractivity contribution in [3.8, 4) is 0 Å². The summed E-state index contributed by atoms with van der Waals surface area (Å²) in [5, 5.41) is 8.67. The Bertz CT molecular complexity index is 1090. The van der Waals surface area contributed by atoms with Gasteiger partial charge in [0.2, 0.25) is 0 Å². The molecule has 0 aliphatic heterocycles. The number of carbonyl (C=O) groups is 1. The summed E-state index contributed by atoms with van der Waals surface area (Å²) in [5.74, 6) is 0.470. The number of para-hydroxylation sites is 1. The van der Waals surface area contributed by atoms with Crippen LogP contribution in [0.25, 0.3) is 10.9 Å². The predicted molar refractivity (Wildman–Crippen MR) is 118 cm³/mol. The quantitative estimate of drug-likeness (QED) is 0.334. The molecule has 2 heterocycles. The minimum atomic E-state index is -0.382. The van der Waals surface area contributed by atoms with Gasteiger partial charge in [-0.25, -0.2) is 9.78 Å². The van der Waals surface area contributed by atoms with E-state index in [0.29, 0.717) is 25.3 Å². The first-order valence-electron chi connectivity index (χ1n) is 10.1. The largest absolute Gasteiger partial charge is 0.461 e. The second-order valence-corrected chi connectivity index (χ2v) is 6.96. The SMILES string of the molecule is O=C(OCCc1ccccc1)c1nn(CCCNc2ccccn2)c2ccccc12.